The summed E-state index contributed by atoms with van der Waals surface area (Å²) in [6.45, 7) is 3.13. The number of nitrogens with one attached hydrogen (secondary N) is 1. The van der Waals surface area contributed by atoms with Crippen molar-refractivity contribution in [2.75, 3.05) is 0 Å². The molecule has 2 amide bonds. The predicted octanol–water partition coefficient (Wildman–Crippen LogP) is 5.66. The van der Waals surface area contributed by atoms with Gasteiger partial charge in [0.25, 0.3) is 0 Å². The van der Waals surface area contributed by atoms with Gasteiger partial charge in [-0.2, -0.15) is 0 Å². The molecule has 2 aromatic heterocycles. The third kappa shape index (κ3) is 3.42. The van der Waals surface area contributed by atoms with Crippen molar-refractivity contribution < 1.29 is 4.79 Å². The van der Waals surface area contributed by atoms with Gasteiger partial charge in [0.15, 0.2) is 0 Å². The number of para-hydroxylation sites is 1. The van der Waals surface area contributed by atoms with Gasteiger partial charge in [-0.15, -0.1) is 11.3 Å². The van der Waals surface area contributed by atoms with Crippen LogP contribution in [0.25, 0.3) is 5.69 Å². The third-order valence-electron chi connectivity index (χ3n) is 5.60. The number of aryl methyl sites for hydroxylation is 1. The fourth-order valence-corrected chi connectivity index (χ4v) is 4.92. The highest BCUT2D eigenvalue weighted by molar-refractivity contribution is 7.10. The van der Waals surface area contributed by atoms with E-state index < -0.39 is 0 Å². The molecule has 150 valence electrons. The molecule has 1 aliphatic rings. The molecule has 3 heterocycles. The summed E-state index contributed by atoms with van der Waals surface area (Å²) in [5, 5.41) is 5.22. The number of fused-ring (bicyclic) bond motifs is 3. The van der Waals surface area contributed by atoms with Gasteiger partial charge in [-0.25, -0.2) is 4.79 Å². The Labute approximate surface area is 180 Å². The first-order valence-electron chi connectivity index (χ1n) is 10.1. The Kier molecular flexibility index (Phi) is 4.89. The number of hydrogen-bond donors (Lipinski definition) is 1. The molecule has 0 unspecified atom stereocenters. The van der Waals surface area contributed by atoms with Gasteiger partial charge in [0.05, 0.1) is 17.9 Å². The van der Waals surface area contributed by atoms with Crippen molar-refractivity contribution in [2.24, 2.45) is 0 Å². The van der Waals surface area contributed by atoms with Crippen molar-refractivity contribution in [3.05, 3.63) is 112 Å². The van der Waals surface area contributed by atoms with E-state index in [1.54, 1.807) is 11.3 Å². The fourth-order valence-electron chi connectivity index (χ4n) is 4.07. The summed E-state index contributed by atoms with van der Waals surface area (Å²) < 4.78 is 2.22. The Morgan fingerprint density at radius 3 is 2.67 bits per heavy atom. The lowest BCUT2D eigenvalue weighted by Crippen LogP contribution is -2.41. The number of benzene rings is 2. The first kappa shape index (κ1) is 18.7. The maximum Gasteiger partial charge on any atom is 0.318 e. The molecule has 0 fully saturated rings. The molecule has 5 rings (SSSR count). The largest absolute Gasteiger partial charge is 0.334 e. The van der Waals surface area contributed by atoms with Crippen LogP contribution < -0.4 is 5.32 Å². The van der Waals surface area contributed by atoms with Crippen LogP contribution in [0.3, 0.4) is 0 Å². The van der Waals surface area contributed by atoms with Crippen molar-refractivity contribution in [3.63, 3.8) is 0 Å². The van der Waals surface area contributed by atoms with Crippen molar-refractivity contribution in [3.8, 4) is 5.69 Å². The Morgan fingerprint density at radius 1 is 1.03 bits per heavy atom. The van der Waals surface area contributed by atoms with Gasteiger partial charge < -0.3 is 14.8 Å². The van der Waals surface area contributed by atoms with E-state index >= 15 is 0 Å². The molecule has 1 aliphatic heterocycles. The normalized spacial score (nSPS) is 15.2. The van der Waals surface area contributed by atoms with E-state index in [2.05, 4.69) is 89.0 Å². The minimum Gasteiger partial charge on any atom is -0.334 e. The van der Waals surface area contributed by atoms with Crippen LogP contribution in [0.5, 0.6) is 0 Å². The van der Waals surface area contributed by atoms with Crippen LogP contribution in [-0.4, -0.2) is 15.5 Å². The summed E-state index contributed by atoms with van der Waals surface area (Å²) in [6, 6.07) is 24.7. The second kappa shape index (κ2) is 7.84. The minimum atomic E-state index is -0.134. The Morgan fingerprint density at radius 2 is 1.87 bits per heavy atom. The predicted molar refractivity (Wildman–Crippen MR) is 121 cm³/mol. The highest BCUT2D eigenvalue weighted by Crippen LogP contribution is 2.38. The standard InChI is InChI=1S/C25H23N3OS/c1-18-10-12-19(13-11-18)16-26-25(29)28-17-20-6-2-3-7-21(20)27-14-4-8-22(27)24(28)23-9-5-15-30-23/h2-15,24H,16-17H2,1H3,(H,26,29)/t24-/m1/s1. The van der Waals surface area contributed by atoms with Gasteiger partial charge >= 0.3 is 6.03 Å². The maximum absolute atomic E-state index is 13.4. The van der Waals surface area contributed by atoms with Gasteiger partial charge in [-0.1, -0.05) is 54.1 Å². The van der Waals surface area contributed by atoms with Crippen LogP contribution in [-0.2, 0) is 13.1 Å². The smallest absolute Gasteiger partial charge is 0.318 e. The molecule has 1 atom stereocenters. The lowest BCUT2D eigenvalue weighted by Gasteiger charge is -2.30. The molecular weight excluding hydrogens is 390 g/mol. The number of urea groups is 1. The monoisotopic (exact) mass is 413 g/mol. The molecule has 0 radical (unpaired) electrons. The van der Waals surface area contributed by atoms with E-state index in [1.807, 2.05) is 17.0 Å². The molecule has 4 nitrogen and oxygen atoms in total. The lowest BCUT2D eigenvalue weighted by molar-refractivity contribution is 0.181. The van der Waals surface area contributed by atoms with Gasteiger partial charge in [0, 0.05) is 17.6 Å². The van der Waals surface area contributed by atoms with Crippen LogP contribution in [0, 0.1) is 6.92 Å². The molecule has 1 N–H and O–H groups in total. The quantitative estimate of drug-likeness (QED) is 0.462. The lowest BCUT2D eigenvalue weighted by atomic mass is 10.1. The minimum absolute atomic E-state index is 0.0570. The van der Waals surface area contributed by atoms with Gasteiger partial charge in [0.2, 0.25) is 0 Å². The number of nitrogens with zero attached hydrogens (tertiary/aromatic N) is 2. The van der Waals surface area contributed by atoms with E-state index in [0.717, 1.165) is 27.4 Å². The van der Waals surface area contributed by atoms with Gasteiger partial charge in [-0.05, 0) is 47.7 Å². The van der Waals surface area contributed by atoms with Gasteiger partial charge in [-0.3, -0.25) is 0 Å². The molecular formula is C25H23N3OS. The van der Waals surface area contributed by atoms with E-state index in [-0.39, 0.29) is 12.1 Å². The Hall–Kier alpha value is -3.31. The number of hydrogen-bond acceptors (Lipinski definition) is 2. The summed E-state index contributed by atoms with van der Waals surface area (Å²) in [6.07, 6.45) is 2.09. The number of carbonyl (C=O) groups is 1. The van der Waals surface area contributed by atoms with Crippen LogP contribution in [0.2, 0.25) is 0 Å². The first-order valence-corrected chi connectivity index (χ1v) is 11.0. The van der Waals surface area contributed by atoms with Crippen LogP contribution in [0.1, 0.15) is 33.3 Å². The zero-order valence-corrected chi connectivity index (χ0v) is 17.6. The van der Waals surface area contributed by atoms with E-state index in [1.165, 1.54) is 5.56 Å². The highest BCUT2D eigenvalue weighted by Gasteiger charge is 2.33. The first-order chi connectivity index (χ1) is 14.7. The highest BCUT2D eigenvalue weighted by atomic mass is 32.1. The average Bonchev–Trinajstić information content (AvgIpc) is 3.44. The Bertz CT molecular complexity index is 1160. The number of aromatic nitrogens is 1. The second-order valence-electron chi connectivity index (χ2n) is 7.62. The van der Waals surface area contributed by atoms with Crippen LogP contribution >= 0.6 is 11.3 Å². The van der Waals surface area contributed by atoms with Crippen LogP contribution in [0.4, 0.5) is 4.79 Å². The average molecular weight is 414 g/mol. The zero-order valence-electron chi connectivity index (χ0n) is 16.8. The van der Waals surface area contributed by atoms with E-state index in [9.17, 15) is 4.79 Å². The second-order valence-corrected chi connectivity index (χ2v) is 8.60. The topological polar surface area (TPSA) is 37.3 Å². The number of rotatable bonds is 3. The molecule has 5 heteroatoms. The summed E-state index contributed by atoms with van der Waals surface area (Å²) in [7, 11) is 0. The summed E-state index contributed by atoms with van der Waals surface area (Å²) >= 11 is 1.69. The van der Waals surface area contributed by atoms with Crippen molar-refractivity contribution >= 4 is 17.4 Å². The zero-order chi connectivity index (χ0) is 20.5. The molecule has 0 bridgehead atoms. The van der Waals surface area contributed by atoms with Crippen molar-refractivity contribution in [1.82, 2.24) is 14.8 Å². The summed E-state index contributed by atoms with van der Waals surface area (Å²) in [5.41, 5.74) is 5.69. The molecule has 4 aromatic rings. The van der Waals surface area contributed by atoms with E-state index in [0.29, 0.717) is 13.1 Å². The molecule has 30 heavy (non-hydrogen) atoms. The van der Waals surface area contributed by atoms with Gasteiger partial charge in [0.1, 0.15) is 6.04 Å². The molecule has 0 saturated heterocycles. The number of carbonyl (C=O) groups excluding carboxylic acids is 1. The summed E-state index contributed by atoms with van der Waals surface area (Å²) in [4.78, 5) is 16.6. The molecule has 0 saturated carbocycles. The number of amides is 2. The molecule has 0 aliphatic carbocycles. The third-order valence-corrected chi connectivity index (χ3v) is 6.53. The Balaban J connectivity index is 1.52. The molecule has 0 spiro atoms. The maximum atomic E-state index is 13.4. The van der Waals surface area contributed by atoms with Crippen molar-refractivity contribution in [1.29, 1.82) is 0 Å². The van der Waals surface area contributed by atoms with E-state index in [4.69, 9.17) is 0 Å². The number of thiophene rings is 1. The fraction of sp³-hybridized carbons (Fsp3) is 0.160. The van der Waals surface area contributed by atoms with Crippen molar-refractivity contribution in [2.45, 2.75) is 26.1 Å². The van der Waals surface area contributed by atoms with Crippen LogP contribution in [0.15, 0.2) is 84.4 Å². The SMILES string of the molecule is Cc1ccc(CNC(=O)N2Cc3ccccc3-n3cccc3[C@@H]2c2cccs2)cc1. The summed E-state index contributed by atoms with van der Waals surface area (Å²) in [5.74, 6) is 0. The molecule has 2 aromatic carbocycles.